The van der Waals surface area contributed by atoms with E-state index in [1.54, 1.807) is 12.5 Å². The maximum atomic E-state index is 5.60. The number of nitrogens with zero attached hydrogens (tertiary/aromatic N) is 4. The Kier molecular flexibility index (Phi) is 3.14. The minimum atomic E-state index is 0.497. The SMILES string of the molecule is Cc1cc(CN)cnc1Sc1ncnc2nc[nH]c12. The number of imidazole rings is 1. The average molecular weight is 272 g/mol. The van der Waals surface area contributed by atoms with Gasteiger partial charge in [-0.2, -0.15) is 0 Å². The fraction of sp³-hybridized carbons (Fsp3) is 0.167. The van der Waals surface area contributed by atoms with Gasteiger partial charge >= 0.3 is 0 Å². The highest BCUT2D eigenvalue weighted by molar-refractivity contribution is 7.99. The zero-order valence-corrected chi connectivity index (χ0v) is 11.1. The first-order chi connectivity index (χ1) is 9.28. The summed E-state index contributed by atoms with van der Waals surface area (Å²) in [4.78, 5) is 19.9. The van der Waals surface area contributed by atoms with Gasteiger partial charge in [0.1, 0.15) is 21.9 Å². The Morgan fingerprint density at radius 2 is 2.11 bits per heavy atom. The van der Waals surface area contributed by atoms with E-state index >= 15 is 0 Å². The quantitative estimate of drug-likeness (QED) is 0.704. The number of aromatic amines is 1. The Hall–Kier alpha value is -1.99. The summed E-state index contributed by atoms with van der Waals surface area (Å²) in [5.74, 6) is 0. The lowest BCUT2D eigenvalue weighted by atomic mass is 10.2. The van der Waals surface area contributed by atoms with E-state index in [2.05, 4.69) is 24.9 Å². The van der Waals surface area contributed by atoms with Crippen molar-refractivity contribution in [1.82, 2.24) is 24.9 Å². The van der Waals surface area contributed by atoms with E-state index in [-0.39, 0.29) is 0 Å². The fourth-order valence-corrected chi connectivity index (χ4v) is 2.61. The van der Waals surface area contributed by atoms with Gasteiger partial charge < -0.3 is 10.7 Å². The highest BCUT2D eigenvalue weighted by Gasteiger charge is 2.10. The van der Waals surface area contributed by atoms with Gasteiger partial charge in [0, 0.05) is 12.7 Å². The van der Waals surface area contributed by atoms with Gasteiger partial charge in [0.05, 0.1) is 6.33 Å². The van der Waals surface area contributed by atoms with E-state index in [1.807, 2.05) is 13.0 Å². The van der Waals surface area contributed by atoms with Gasteiger partial charge in [-0.15, -0.1) is 0 Å². The number of aromatic nitrogens is 5. The van der Waals surface area contributed by atoms with Crippen LogP contribution >= 0.6 is 11.8 Å². The van der Waals surface area contributed by atoms with Crippen LogP contribution in [0.2, 0.25) is 0 Å². The molecule has 0 fully saturated rings. The van der Waals surface area contributed by atoms with Gasteiger partial charge in [0.15, 0.2) is 5.65 Å². The molecule has 0 saturated heterocycles. The Labute approximate surface area is 113 Å². The summed E-state index contributed by atoms with van der Waals surface area (Å²) in [6.07, 6.45) is 4.91. The molecule has 0 aliphatic carbocycles. The van der Waals surface area contributed by atoms with Crippen molar-refractivity contribution >= 4 is 22.9 Å². The third kappa shape index (κ3) is 2.29. The minimum absolute atomic E-state index is 0.497. The summed E-state index contributed by atoms with van der Waals surface area (Å²) in [7, 11) is 0. The average Bonchev–Trinajstić information content (AvgIpc) is 2.90. The van der Waals surface area contributed by atoms with E-state index in [9.17, 15) is 0 Å². The smallest absolute Gasteiger partial charge is 0.181 e. The molecule has 19 heavy (non-hydrogen) atoms. The molecule has 0 aliphatic heterocycles. The normalized spacial score (nSPS) is 11.1. The van der Waals surface area contributed by atoms with Crippen LogP contribution in [0.1, 0.15) is 11.1 Å². The molecule has 0 saturated carbocycles. The zero-order valence-electron chi connectivity index (χ0n) is 10.3. The maximum absolute atomic E-state index is 5.60. The number of pyridine rings is 1. The predicted octanol–water partition coefficient (Wildman–Crippen LogP) is 1.67. The molecule has 0 spiro atoms. The molecule has 0 atom stereocenters. The highest BCUT2D eigenvalue weighted by atomic mass is 32.2. The number of nitrogens with two attached hydrogens (primary N) is 1. The molecular formula is C12H12N6S. The van der Waals surface area contributed by atoms with Gasteiger partial charge in [-0.1, -0.05) is 6.07 Å². The topological polar surface area (TPSA) is 93.4 Å². The van der Waals surface area contributed by atoms with Crippen molar-refractivity contribution in [3.05, 3.63) is 36.0 Å². The Bertz CT molecular complexity index is 723. The molecule has 0 unspecified atom stereocenters. The molecule has 3 aromatic rings. The van der Waals surface area contributed by atoms with Crippen molar-refractivity contribution in [3.8, 4) is 0 Å². The lowest BCUT2D eigenvalue weighted by Gasteiger charge is -2.06. The first kappa shape index (κ1) is 12.1. The summed E-state index contributed by atoms with van der Waals surface area (Å²) in [6, 6.07) is 2.04. The third-order valence-corrected chi connectivity index (χ3v) is 3.83. The summed E-state index contributed by atoms with van der Waals surface area (Å²) in [5.41, 5.74) is 9.20. The largest absolute Gasteiger partial charge is 0.341 e. The molecule has 6 nitrogen and oxygen atoms in total. The van der Waals surface area contributed by atoms with E-state index in [0.717, 1.165) is 26.7 Å². The molecule has 3 heterocycles. The van der Waals surface area contributed by atoms with Crippen LogP contribution in [0.5, 0.6) is 0 Å². The monoisotopic (exact) mass is 272 g/mol. The molecular weight excluding hydrogens is 260 g/mol. The Morgan fingerprint density at radius 3 is 2.89 bits per heavy atom. The van der Waals surface area contributed by atoms with Crippen LogP contribution < -0.4 is 5.73 Å². The van der Waals surface area contributed by atoms with Crippen molar-refractivity contribution in [2.75, 3.05) is 0 Å². The van der Waals surface area contributed by atoms with Crippen molar-refractivity contribution < 1.29 is 0 Å². The molecule has 3 aromatic heterocycles. The van der Waals surface area contributed by atoms with Crippen LogP contribution in [-0.2, 0) is 6.54 Å². The summed E-state index contributed by atoms with van der Waals surface area (Å²) >= 11 is 1.49. The molecule has 0 radical (unpaired) electrons. The van der Waals surface area contributed by atoms with Crippen LogP contribution in [0, 0.1) is 6.92 Å². The van der Waals surface area contributed by atoms with E-state index < -0.39 is 0 Å². The second kappa shape index (κ2) is 4.94. The van der Waals surface area contributed by atoms with Gasteiger partial charge in [-0.05, 0) is 29.8 Å². The van der Waals surface area contributed by atoms with E-state index in [4.69, 9.17) is 5.73 Å². The number of hydrogen-bond acceptors (Lipinski definition) is 6. The molecule has 0 aliphatic rings. The molecule has 3 rings (SSSR count). The lowest BCUT2D eigenvalue weighted by Crippen LogP contribution is -1.98. The number of aryl methyl sites for hydroxylation is 1. The first-order valence-electron chi connectivity index (χ1n) is 5.75. The van der Waals surface area contributed by atoms with Crippen molar-refractivity contribution in [2.45, 2.75) is 23.5 Å². The van der Waals surface area contributed by atoms with Crippen LogP contribution in [0.15, 0.2) is 35.0 Å². The maximum Gasteiger partial charge on any atom is 0.181 e. The van der Waals surface area contributed by atoms with Crippen LogP contribution in [0.25, 0.3) is 11.2 Å². The van der Waals surface area contributed by atoms with Gasteiger partial charge in [0.2, 0.25) is 0 Å². The zero-order chi connectivity index (χ0) is 13.2. The lowest BCUT2D eigenvalue weighted by molar-refractivity contribution is 0.984. The summed E-state index contributed by atoms with van der Waals surface area (Å²) in [5, 5.41) is 1.73. The Morgan fingerprint density at radius 1 is 1.21 bits per heavy atom. The van der Waals surface area contributed by atoms with Gasteiger partial charge in [0.25, 0.3) is 0 Å². The third-order valence-electron chi connectivity index (χ3n) is 2.70. The van der Waals surface area contributed by atoms with Gasteiger partial charge in [-0.3, -0.25) is 0 Å². The molecule has 7 heteroatoms. The van der Waals surface area contributed by atoms with Crippen molar-refractivity contribution in [2.24, 2.45) is 5.73 Å². The minimum Gasteiger partial charge on any atom is -0.341 e. The van der Waals surface area contributed by atoms with Gasteiger partial charge in [-0.25, -0.2) is 19.9 Å². The van der Waals surface area contributed by atoms with Crippen LogP contribution in [-0.4, -0.2) is 24.9 Å². The van der Waals surface area contributed by atoms with E-state index in [1.165, 1.54) is 18.1 Å². The number of hydrogen-bond donors (Lipinski definition) is 2. The number of fused-ring (bicyclic) bond motifs is 1. The number of H-pyrrole nitrogens is 1. The fourth-order valence-electron chi connectivity index (χ4n) is 1.75. The summed E-state index contributed by atoms with van der Waals surface area (Å²) < 4.78 is 0. The van der Waals surface area contributed by atoms with Crippen LogP contribution in [0.4, 0.5) is 0 Å². The number of nitrogens with one attached hydrogen (secondary N) is 1. The molecule has 96 valence electrons. The second-order valence-electron chi connectivity index (χ2n) is 4.05. The second-order valence-corrected chi connectivity index (χ2v) is 5.03. The first-order valence-corrected chi connectivity index (χ1v) is 6.57. The van der Waals surface area contributed by atoms with Crippen molar-refractivity contribution in [1.29, 1.82) is 0 Å². The van der Waals surface area contributed by atoms with E-state index in [0.29, 0.717) is 12.2 Å². The highest BCUT2D eigenvalue weighted by Crippen LogP contribution is 2.30. The van der Waals surface area contributed by atoms with Crippen molar-refractivity contribution in [3.63, 3.8) is 0 Å². The predicted molar refractivity (Wildman–Crippen MR) is 72.7 cm³/mol. The Balaban J connectivity index is 1.99. The molecule has 0 bridgehead atoms. The molecule has 0 amide bonds. The number of rotatable bonds is 3. The molecule has 0 aromatic carbocycles. The standard InChI is InChI=1S/C12H12N6S/c1-7-2-8(3-13)4-14-11(7)19-12-9-10(16-5-15-9)17-6-18-12/h2,4-6H,3,13H2,1H3,(H,15,16,17,18). The summed E-state index contributed by atoms with van der Waals surface area (Å²) in [6.45, 7) is 2.51. The molecule has 3 N–H and O–H groups in total. The van der Waals surface area contributed by atoms with Crippen LogP contribution in [0.3, 0.4) is 0 Å².